The molecule has 0 spiro atoms. The van der Waals surface area contributed by atoms with E-state index in [4.69, 9.17) is 12.2 Å². The molecule has 0 aliphatic heterocycles. The molecule has 0 atom stereocenters. The number of aromatic nitrogens is 1. The first kappa shape index (κ1) is 13.5. The van der Waals surface area contributed by atoms with Crippen LogP contribution in [0.4, 0.5) is 0 Å². The second-order valence-corrected chi connectivity index (χ2v) is 6.58. The van der Waals surface area contributed by atoms with Gasteiger partial charge in [-0.05, 0) is 46.6 Å². The van der Waals surface area contributed by atoms with Crippen molar-refractivity contribution in [2.45, 2.75) is 6.42 Å². The summed E-state index contributed by atoms with van der Waals surface area (Å²) < 4.78 is 1.57. The van der Waals surface area contributed by atoms with Crippen molar-refractivity contribution in [3.05, 3.63) is 49.3 Å². The smallest absolute Gasteiger partial charge is 0.254 e. The molecule has 6 heteroatoms. The molecule has 0 saturated carbocycles. The molecular weight excluding hydrogens is 332 g/mol. The van der Waals surface area contributed by atoms with Gasteiger partial charge < -0.3 is 10.3 Å². The van der Waals surface area contributed by atoms with Gasteiger partial charge in [-0.15, -0.1) is 11.3 Å². The van der Waals surface area contributed by atoms with Gasteiger partial charge in [0.25, 0.3) is 5.91 Å². The minimum absolute atomic E-state index is 0.132. The predicted molar refractivity (Wildman–Crippen MR) is 79.7 cm³/mol. The Morgan fingerprint density at radius 3 is 2.94 bits per heavy atom. The van der Waals surface area contributed by atoms with Crippen LogP contribution in [0.25, 0.3) is 0 Å². The van der Waals surface area contributed by atoms with E-state index < -0.39 is 0 Å². The molecule has 0 radical (unpaired) electrons. The highest BCUT2D eigenvalue weighted by molar-refractivity contribution is 9.11. The molecule has 0 unspecified atom stereocenters. The van der Waals surface area contributed by atoms with Crippen molar-refractivity contribution in [3.63, 3.8) is 0 Å². The van der Waals surface area contributed by atoms with Gasteiger partial charge in [-0.3, -0.25) is 4.79 Å². The first-order valence-electron chi connectivity index (χ1n) is 5.37. The maximum Gasteiger partial charge on any atom is 0.254 e. The van der Waals surface area contributed by atoms with Gasteiger partial charge >= 0.3 is 0 Å². The van der Waals surface area contributed by atoms with Gasteiger partial charge in [0.05, 0.1) is 9.35 Å². The first-order chi connectivity index (χ1) is 8.66. The summed E-state index contributed by atoms with van der Waals surface area (Å²) in [6.45, 7) is 0.607. The average molecular weight is 343 g/mol. The molecule has 3 nitrogen and oxygen atoms in total. The lowest BCUT2D eigenvalue weighted by Gasteiger charge is -2.04. The third kappa shape index (κ3) is 3.51. The van der Waals surface area contributed by atoms with Gasteiger partial charge in [0.2, 0.25) is 0 Å². The van der Waals surface area contributed by atoms with Crippen LogP contribution in [0.15, 0.2) is 34.2 Å². The van der Waals surface area contributed by atoms with Crippen LogP contribution < -0.4 is 5.32 Å². The predicted octanol–water partition coefficient (Wildman–Crippen LogP) is 3.54. The molecule has 0 bridgehead atoms. The number of pyridine rings is 1. The maximum atomic E-state index is 11.9. The third-order valence-electron chi connectivity index (χ3n) is 2.35. The van der Waals surface area contributed by atoms with Crippen LogP contribution in [-0.4, -0.2) is 17.4 Å². The largest absolute Gasteiger partial charge is 0.352 e. The number of aromatic amines is 1. The molecule has 2 aromatic rings. The Kier molecular flexibility index (Phi) is 4.68. The summed E-state index contributed by atoms with van der Waals surface area (Å²) >= 11 is 10.1. The summed E-state index contributed by atoms with van der Waals surface area (Å²) in [5, 5.41) is 2.86. The number of nitrogens with one attached hydrogen (secondary N) is 2. The second kappa shape index (κ2) is 6.26. The topological polar surface area (TPSA) is 44.9 Å². The molecule has 94 valence electrons. The normalized spacial score (nSPS) is 10.3. The fourth-order valence-electron chi connectivity index (χ4n) is 1.48. The van der Waals surface area contributed by atoms with Crippen LogP contribution in [-0.2, 0) is 6.42 Å². The van der Waals surface area contributed by atoms with Crippen LogP contribution in [0.1, 0.15) is 15.2 Å². The first-order valence-corrected chi connectivity index (χ1v) is 7.39. The quantitative estimate of drug-likeness (QED) is 0.834. The number of carbonyl (C=O) groups excluding carboxylic acids is 1. The third-order valence-corrected chi connectivity index (χ3v) is 4.37. The molecule has 0 aliphatic rings. The maximum absolute atomic E-state index is 11.9. The molecule has 0 saturated heterocycles. The van der Waals surface area contributed by atoms with E-state index in [2.05, 4.69) is 32.3 Å². The number of rotatable bonds is 4. The van der Waals surface area contributed by atoms with E-state index >= 15 is 0 Å². The molecule has 2 heterocycles. The van der Waals surface area contributed by atoms with Crippen molar-refractivity contribution < 1.29 is 4.79 Å². The van der Waals surface area contributed by atoms with Crippen molar-refractivity contribution in [1.82, 2.24) is 10.3 Å². The van der Waals surface area contributed by atoms with Gasteiger partial charge in [-0.25, -0.2) is 0 Å². The number of amides is 1. The number of thiophene rings is 1. The Hall–Kier alpha value is -0.980. The molecule has 0 fully saturated rings. The van der Waals surface area contributed by atoms with Crippen molar-refractivity contribution in [1.29, 1.82) is 0 Å². The Morgan fingerprint density at radius 2 is 2.28 bits per heavy atom. The van der Waals surface area contributed by atoms with E-state index in [1.54, 1.807) is 29.7 Å². The Bertz CT molecular complexity index is 606. The summed E-state index contributed by atoms with van der Waals surface area (Å²) in [5.41, 5.74) is 0.514. The van der Waals surface area contributed by atoms with E-state index in [9.17, 15) is 4.79 Å². The minimum atomic E-state index is -0.132. The van der Waals surface area contributed by atoms with Gasteiger partial charge in [0.1, 0.15) is 4.64 Å². The van der Waals surface area contributed by atoms with Gasteiger partial charge in [-0.1, -0.05) is 12.2 Å². The molecular formula is C12H11BrN2OS2. The Morgan fingerprint density at radius 1 is 1.44 bits per heavy atom. The molecule has 0 aliphatic carbocycles. The highest BCUT2D eigenvalue weighted by Gasteiger charge is 2.06. The fourth-order valence-corrected chi connectivity index (χ4v) is 3.19. The molecule has 2 rings (SSSR count). The van der Waals surface area contributed by atoms with Crippen molar-refractivity contribution in [3.8, 4) is 0 Å². The Balaban J connectivity index is 1.89. The molecule has 18 heavy (non-hydrogen) atoms. The van der Waals surface area contributed by atoms with E-state index in [1.165, 1.54) is 4.88 Å². The molecule has 0 aromatic carbocycles. The number of carbonyl (C=O) groups is 1. The van der Waals surface area contributed by atoms with Crippen molar-refractivity contribution in [2.75, 3.05) is 6.54 Å². The van der Waals surface area contributed by atoms with Crippen LogP contribution in [0.3, 0.4) is 0 Å². The minimum Gasteiger partial charge on any atom is -0.352 e. The highest BCUT2D eigenvalue weighted by atomic mass is 79.9. The number of H-pyrrole nitrogens is 1. The van der Waals surface area contributed by atoms with Gasteiger partial charge in [-0.2, -0.15) is 0 Å². The summed E-state index contributed by atoms with van der Waals surface area (Å²) in [6, 6.07) is 7.54. The van der Waals surface area contributed by atoms with E-state index in [1.807, 2.05) is 6.07 Å². The average Bonchev–Trinajstić information content (AvgIpc) is 2.75. The van der Waals surface area contributed by atoms with Gasteiger partial charge in [0, 0.05) is 17.6 Å². The fraction of sp³-hybridized carbons (Fsp3) is 0.167. The van der Waals surface area contributed by atoms with E-state index in [0.717, 1.165) is 10.2 Å². The summed E-state index contributed by atoms with van der Waals surface area (Å²) in [7, 11) is 0. The monoisotopic (exact) mass is 342 g/mol. The van der Waals surface area contributed by atoms with Crippen molar-refractivity contribution in [2.24, 2.45) is 0 Å². The van der Waals surface area contributed by atoms with Gasteiger partial charge in [0.15, 0.2) is 0 Å². The van der Waals surface area contributed by atoms with Crippen LogP contribution in [0.2, 0.25) is 0 Å². The lowest BCUT2D eigenvalue weighted by molar-refractivity contribution is 0.0953. The number of hydrogen-bond donors (Lipinski definition) is 2. The highest BCUT2D eigenvalue weighted by Crippen LogP contribution is 2.22. The van der Waals surface area contributed by atoms with Crippen molar-refractivity contribution >= 4 is 45.4 Å². The standard InChI is InChI=1S/C12H11BrN2OS2/c13-10-4-3-8(18-10)5-7-14-11(16)9-2-1-6-15-12(9)17/h1-4,6H,5,7H2,(H,14,16)(H,15,17). The van der Waals surface area contributed by atoms with E-state index in [0.29, 0.717) is 16.7 Å². The number of halogens is 1. The number of hydrogen-bond acceptors (Lipinski definition) is 3. The second-order valence-electron chi connectivity index (χ2n) is 3.62. The lowest BCUT2D eigenvalue weighted by atomic mass is 10.2. The SMILES string of the molecule is O=C(NCCc1ccc(Br)s1)c1ccc[nH]c1=S. The molecule has 2 N–H and O–H groups in total. The molecule has 1 amide bonds. The summed E-state index contributed by atoms with van der Waals surface area (Å²) in [4.78, 5) is 15.9. The van der Waals surface area contributed by atoms with Crippen LogP contribution >= 0.6 is 39.5 Å². The summed E-state index contributed by atoms with van der Waals surface area (Å²) in [5.74, 6) is -0.132. The zero-order chi connectivity index (χ0) is 13.0. The zero-order valence-electron chi connectivity index (χ0n) is 9.40. The Labute approximate surface area is 122 Å². The molecule has 2 aromatic heterocycles. The lowest BCUT2D eigenvalue weighted by Crippen LogP contribution is -2.25. The summed E-state index contributed by atoms with van der Waals surface area (Å²) in [6.07, 6.45) is 2.54. The van der Waals surface area contributed by atoms with Crippen LogP contribution in [0, 0.1) is 4.64 Å². The van der Waals surface area contributed by atoms with Crippen LogP contribution in [0.5, 0.6) is 0 Å². The zero-order valence-corrected chi connectivity index (χ0v) is 12.6. The van der Waals surface area contributed by atoms with E-state index in [-0.39, 0.29) is 5.91 Å².